The SMILES string of the molecule is COc1ccc(C2c3cc(OC)c(OC)cc3Cc3c4cc(OC)c(OC)cc4cc[n+]32)cc1. The van der Waals surface area contributed by atoms with E-state index in [1.807, 2.05) is 18.2 Å². The second-order valence-corrected chi connectivity index (χ2v) is 8.22. The maximum Gasteiger partial charge on any atom is 0.209 e. The van der Waals surface area contributed by atoms with Crippen LogP contribution in [0.25, 0.3) is 10.8 Å². The number of pyridine rings is 1. The molecule has 1 unspecified atom stereocenters. The molecule has 0 bridgehead atoms. The summed E-state index contributed by atoms with van der Waals surface area (Å²) in [5.41, 5.74) is 4.72. The van der Waals surface area contributed by atoms with Crippen molar-refractivity contribution in [1.29, 1.82) is 0 Å². The van der Waals surface area contributed by atoms with E-state index in [-0.39, 0.29) is 6.04 Å². The minimum atomic E-state index is -0.0399. The van der Waals surface area contributed by atoms with Gasteiger partial charge in [0.15, 0.2) is 34.9 Å². The summed E-state index contributed by atoms with van der Waals surface area (Å²) in [5, 5.41) is 2.22. The maximum atomic E-state index is 5.65. The monoisotopic (exact) mass is 458 g/mol. The first-order valence-corrected chi connectivity index (χ1v) is 11.1. The number of ether oxygens (including phenoxy) is 5. The van der Waals surface area contributed by atoms with Gasteiger partial charge in [-0.05, 0) is 59.5 Å². The van der Waals surface area contributed by atoms with Crippen LogP contribution in [0.15, 0.2) is 60.8 Å². The topological polar surface area (TPSA) is 50.0 Å². The van der Waals surface area contributed by atoms with E-state index in [0.717, 1.165) is 40.0 Å². The quantitative estimate of drug-likeness (QED) is 0.345. The largest absolute Gasteiger partial charge is 0.497 e. The maximum absolute atomic E-state index is 5.65. The van der Waals surface area contributed by atoms with Crippen LogP contribution in [0.4, 0.5) is 0 Å². The van der Waals surface area contributed by atoms with Gasteiger partial charge in [-0.2, -0.15) is 4.57 Å². The molecule has 0 radical (unpaired) electrons. The van der Waals surface area contributed by atoms with E-state index in [2.05, 4.69) is 47.2 Å². The zero-order chi connectivity index (χ0) is 23.8. The summed E-state index contributed by atoms with van der Waals surface area (Å²) < 4.78 is 30.2. The molecular formula is C28H28NO5+. The third kappa shape index (κ3) is 3.46. The van der Waals surface area contributed by atoms with Gasteiger partial charge in [-0.1, -0.05) is 0 Å². The first kappa shape index (κ1) is 21.9. The standard InChI is InChI=1S/C28H28NO5/c1-30-20-8-6-17(7-9-20)28-22-16-27(34-5)25(32-3)14-19(22)12-23-21-15-26(33-4)24(31-2)13-18(21)10-11-29(23)28/h6-11,13-16,28H,12H2,1-5H3/q+1. The molecule has 4 aromatic rings. The summed E-state index contributed by atoms with van der Waals surface area (Å²) in [5.74, 6) is 3.70. The predicted octanol–water partition coefficient (Wildman–Crippen LogP) is 4.71. The van der Waals surface area contributed by atoms with Crippen LogP contribution in [-0.2, 0) is 6.42 Å². The Hall–Kier alpha value is -3.93. The predicted molar refractivity (Wildman–Crippen MR) is 130 cm³/mol. The lowest BCUT2D eigenvalue weighted by atomic mass is 9.86. The van der Waals surface area contributed by atoms with Crippen LogP contribution >= 0.6 is 0 Å². The average molecular weight is 459 g/mol. The summed E-state index contributed by atoms with van der Waals surface area (Å²) in [7, 11) is 8.35. The number of methoxy groups -OCH3 is 5. The molecule has 0 spiro atoms. The minimum absolute atomic E-state index is 0.0399. The highest BCUT2D eigenvalue weighted by Crippen LogP contribution is 2.41. The molecule has 1 aromatic heterocycles. The van der Waals surface area contributed by atoms with Crippen molar-refractivity contribution >= 4 is 10.8 Å². The molecule has 6 heteroatoms. The van der Waals surface area contributed by atoms with Crippen molar-refractivity contribution in [2.45, 2.75) is 12.5 Å². The molecule has 0 amide bonds. The highest BCUT2D eigenvalue weighted by Gasteiger charge is 2.36. The van der Waals surface area contributed by atoms with E-state index in [1.165, 1.54) is 16.8 Å². The molecule has 0 fully saturated rings. The number of rotatable bonds is 6. The van der Waals surface area contributed by atoms with Crippen molar-refractivity contribution in [3.8, 4) is 28.7 Å². The molecule has 1 aliphatic rings. The Balaban J connectivity index is 1.79. The summed E-state index contributed by atoms with van der Waals surface area (Å²) in [4.78, 5) is 0. The first-order valence-electron chi connectivity index (χ1n) is 11.1. The molecule has 6 nitrogen and oxygen atoms in total. The van der Waals surface area contributed by atoms with Gasteiger partial charge in [0.1, 0.15) is 5.75 Å². The lowest BCUT2D eigenvalue weighted by Gasteiger charge is -2.26. The zero-order valence-corrected chi connectivity index (χ0v) is 20.0. The molecule has 174 valence electrons. The summed E-state index contributed by atoms with van der Waals surface area (Å²) in [6, 6.07) is 18.6. The molecule has 0 saturated carbocycles. The van der Waals surface area contributed by atoms with Crippen LogP contribution in [0.2, 0.25) is 0 Å². The van der Waals surface area contributed by atoms with E-state index in [0.29, 0.717) is 11.5 Å². The smallest absolute Gasteiger partial charge is 0.209 e. The third-order valence-corrected chi connectivity index (χ3v) is 6.60. The first-order chi connectivity index (χ1) is 16.6. The van der Waals surface area contributed by atoms with Crippen LogP contribution in [0.3, 0.4) is 0 Å². The van der Waals surface area contributed by atoms with Crippen LogP contribution in [0.5, 0.6) is 28.7 Å². The number of hydrogen-bond acceptors (Lipinski definition) is 5. The highest BCUT2D eigenvalue weighted by atomic mass is 16.5. The van der Waals surface area contributed by atoms with Gasteiger partial charge in [0, 0.05) is 17.2 Å². The van der Waals surface area contributed by atoms with E-state index < -0.39 is 0 Å². The molecule has 0 aliphatic carbocycles. The summed E-state index contributed by atoms with van der Waals surface area (Å²) in [6.45, 7) is 0. The fourth-order valence-corrected chi connectivity index (χ4v) is 4.90. The van der Waals surface area contributed by atoms with Crippen molar-refractivity contribution in [2.24, 2.45) is 0 Å². The second-order valence-electron chi connectivity index (χ2n) is 8.22. The Morgan fingerprint density at radius 1 is 0.676 bits per heavy atom. The lowest BCUT2D eigenvalue weighted by molar-refractivity contribution is -0.712. The van der Waals surface area contributed by atoms with Crippen molar-refractivity contribution in [1.82, 2.24) is 0 Å². The molecule has 5 rings (SSSR count). The van der Waals surface area contributed by atoms with Gasteiger partial charge >= 0.3 is 0 Å². The number of benzene rings is 3. The van der Waals surface area contributed by atoms with Gasteiger partial charge in [0.25, 0.3) is 0 Å². The number of fused-ring (bicyclic) bond motifs is 4. The Morgan fingerprint density at radius 3 is 1.94 bits per heavy atom. The van der Waals surface area contributed by atoms with Gasteiger partial charge in [-0.25, -0.2) is 0 Å². The molecule has 2 heterocycles. The summed E-state index contributed by atoms with van der Waals surface area (Å²) in [6.07, 6.45) is 2.90. The number of hydrogen-bond donors (Lipinski definition) is 0. The number of nitrogens with zero attached hydrogens (tertiary/aromatic N) is 1. The van der Waals surface area contributed by atoms with E-state index in [1.54, 1.807) is 35.5 Å². The Bertz CT molecular complexity index is 1360. The van der Waals surface area contributed by atoms with Crippen molar-refractivity contribution in [3.05, 3.63) is 83.2 Å². The van der Waals surface area contributed by atoms with E-state index in [4.69, 9.17) is 23.7 Å². The zero-order valence-electron chi connectivity index (χ0n) is 20.0. The molecule has 1 aliphatic heterocycles. The van der Waals surface area contributed by atoms with Gasteiger partial charge in [0.05, 0.1) is 47.4 Å². The van der Waals surface area contributed by atoms with E-state index in [9.17, 15) is 0 Å². The van der Waals surface area contributed by atoms with Gasteiger partial charge in [-0.15, -0.1) is 0 Å². The van der Waals surface area contributed by atoms with Crippen LogP contribution in [0, 0.1) is 0 Å². The van der Waals surface area contributed by atoms with Crippen molar-refractivity contribution in [3.63, 3.8) is 0 Å². The highest BCUT2D eigenvalue weighted by molar-refractivity contribution is 5.87. The lowest BCUT2D eigenvalue weighted by Crippen LogP contribution is -2.47. The molecule has 3 aromatic carbocycles. The molecule has 34 heavy (non-hydrogen) atoms. The van der Waals surface area contributed by atoms with Crippen LogP contribution in [0.1, 0.15) is 28.4 Å². The molecule has 0 saturated heterocycles. The Morgan fingerprint density at radius 2 is 1.29 bits per heavy atom. The van der Waals surface area contributed by atoms with Gasteiger partial charge in [0.2, 0.25) is 6.04 Å². The fraction of sp³-hybridized carbons (Fsp3) is 0.250. The Kier molecular flexibility index (Phi) is 5.65. The van der Waals surface area contributed by atoms with Crippen LogP contribution < -0.4 is 28.3 Å². The van der Waals surface area contributed by atoms with Gasteiger partial charge < -0.3 is 23.7 Å². The average Bonchev–Trinajstić information content (AvgIpc) is 2.90. The normalized spacial score (nSPS) is 14.2. The Labute approximate surface area is 199 Å². The minimum Gasteiger partial charge on any atom is -0.497 e. The summed E-state index contributed by atoms with van der Waals surface area (Å²) >= 11 is 0. The van der Waals surface area contributed by atoms with Crippen LogP contribution in [-0.4, -0.2) is 35.5 Å². The van der Waals surface area contributed by atoms with Crippen molar-refractivity contribution in [2.75, 3.05) is 35.5 Å². The molecule has 0 N–H and O–H groups in total. The molecule has 1 atom stereocenters. The number of aromatic nitrogens is 1. The second kappa shape index (κ2) is 8.78. The molecular weight excluding hydrogens is 430 g/mol. The van der Waals surface area contributed by atoms with Crippen molar-refractivity contribution < 1.29 is 28.3 Å². The third-order valence-electron chi connectivity index (χ3n) is 6.60. The van der Waals surface area contributed by atoms with E-state index >= 15 is 0 Å². The van der Waals surface area contributed by atoms with Gasteiger partial charge in [-0.3, -0.25) is 0 Å². The fourth-order valence-electron chi connectivity index (χ4n) is 4.90.